The first-order valence-electron chi connectivity index (χ1n) is 7.20. The number of fused-ring (bicyclic) bond motifs is 3. The van der Waals surface area contributed by atoms with E-state index < -0.39 is 0 Å². The molecule has 0 aromatic carbocycles. The van der Waals surface area contributed by atoms with Gasteiger partial charge in [0.1, 0.15) is 6.33 Å². The second-order valence-corrected chi connectivity index (χ2v) is 5.39. The van der Waals surface area contributed by atoms with Gasteiger partial charge in [0.2, 0.25) is 5.65 Å². The zero-order chi connectivity index (χ0) is 14.4. The Labute approximate surface area is 122 Å². The van der Waals surface area contributed by atoms with E-state index in [4.69, 9.17) is 4.98 Å². The van der Waals surface area contributed by atoms with Crippen LogP contribution < -0.4 is 10.2 Å². The molecule has 108 valence electrons. The minimum absolute atomic E-state index is 0.515. The van der Waals surface area contributed by atoms with Crippen LogP contribution in [0.15, 0.2) is 18.6 Å². The maximum Gasteiger partial charge on any atom is 0.204 e. The quantitative estimate of drug-likeness (QED) is 0.761. The highest BCUT2D eigenvalue weighted by atomic mass is 15.3. The minimum atomic E-state index is 0.515. The molecule has 1 aliphatic heterocycles. The molecule has 1 fully saturated rings. The maximum atomic E-state index is 4.71. The predicted octanol–water partition coefficient (Wildman–Crippen LogP) is 0.643. The number of rotatable bonds is 3. The van der Waals surface area contributed by atoms with Gasteiger partial charge < -0.3 is 10.2 Å². The summed E-state index contributed by atoms with van der Waals surface area (Å²) in [7, 11) is 1.98. The molecule has 4 heterocycles. The van der Waals surface area contributed by atoms with Crippen molar-refractivity contribution in [1.29, 1.82) is 0 Å². The molecule has 4 rings (SSSR count). The van der Waals surface area contributed by atoms with Crippen molar-refractivity contribution in [3.8, 4) is 0 Å². The topological polar surface area (TPSA) is 71.2 Å². The van der Waals surface area contributed by atoms with Gasteiger partial charge in [-0.3, -0.25) is 4.40 Å². The second kappa shape index (κ2) is 4.63. The number of anilines is 1. The fourth-order valence-electron chi connectivity index (χ4n) is 2.70. The molecular formula is C14H17N7. The van der Waals surface area contributed by atoms with Crippen molar-refractivity contribution in [1.82, 2.24) is 29.9 Å². The lowest BCUT2D eigenvalue weighted by atomic mass is 10.1. The van der Waals surface area contributed by atoms with Crippen LogP contribution in [0, 0.1) is 0 Å². The number of nitrogens with one attached hydrogen (secondary N) is 1. The molecule has 1 N–H and O–H groups in total. The molecular weight excluding hydrogens is 266 g/mol. The first kappa shape index (κ1) is 12.5. The van der Waals surface area contributed by atoms with Gasteiger partial charge in [-0.25, -0.2) is 9.97 Å². The predicted molar refractivity (Wildman–Crippen MR) is 80.5 cm³/mol. The summed E-state index contributed by atoms with van der Waals surface area (Å²) in [6.07, 6.45) is 4.57. The molecule has 0 amide bonds. The van der Waals surface area contributed by atoms with Crippen LogP contribution in [0.3, 0.4) is 0 Å². The van der Waals surface area contributed by atoms with Gasteiger partial charge in [-0.1, -0.05) is 6.92 Å². The normalized spacial score (nSPS) is 15.8. The summed E-state index contributed by atoms with van der Waals surface area (Å²) in [4.78, 5) is 11.4. The van der Waals surface area contributed by atoms with E-state index in [1.54, 1.807) is 6.33 Å². The third-order valence-electron chi connectivity index (χ3n) is 4.12. The molecule has 3 aromatic rings. The lowest BCUT2D eigenvalue weighted by Crippen LogP contribution is -2.57. The van der Waals surface area contributed by atoms with Crippen molar-refractivity contribution in [2.45, 2.75) is 19.4 Å². The van der Waals surface area contributed by atoms with Crippen molar-refractivity contribution < 1.29 is 0 Å². The van der Waals surface area contributed by atoms with Crippen LogP contribution in [0.2, 0.25) is 0 Å². The summed E-state index contributed by atoms with van der Waals surface area (Å²) in [5.74, 6) is 0.864. The van der Waals surface area contributed by atoms with E-state index in [1.807, 2.05) is 17.6 Å². The van der Waals surface area contributed by atoms with E-state index in [0.29, 0.717) is 6.04 Å². The van der Waals surface area contributed by atoms with Crippen LogP contribution in [0.5, 0.6) is 0 Å². The first-order valence-corrected chi connectivity index (χ1v) is 7.20. The summed E-state index contributed by atoms with van der Waals surface area (Å²) < 4.78 is 1.98. The van der Waals surface area contributed by atoms with Crippen molar-refractivity contribution in [3.05, 3.63) is 24.2 Å². The van der Waals surface area contributed by atoms with Crippen LogP contribution >= 0.6 is 0 Å². The van der Waals surface area contributed by atoms with E-state index in [0.717, 1.165) is 42.1 Å². The molecule has 7 nitrogen and oxygen atoms in total. The number of likely N-dealkylation sites (N-methyl/N-ethyl adjacent to an activating group) is 1. The smallest absolute Gasteiger partial charge is 0.204 e. The molecule has 0 radical (unpaired) electrons. The summed E-state index contributed by atoms with van der Waals surface area (Å²) in [5, 5.41) is 11.6. The standard InChI is InChI=1S/C14H17N7/c1-3-9-4-11-12(16-5-9)18-13(14-19-17-8-21(11)14)20-6-10(7-20)15-2/h4-5,8,10,15H,3,6-7H2,1-2H3. The van der Waals surface area contributed by atoms with Crippen molar-refractivity contribution in [3.63, 3.8) is 0 Å². The average Bonchev–Trinajstić information content (AvgIpc) is 2.95. The largest absolute Gasteiger partial charge is 0.350 e. The second-order valence-electron chi connectivity index (χ2n) is 5.39. The number of hydrogen-bond donors (Lipinski definition) is 1. The summed E-state index contributed by atoms with van der Waals surface area (Å²) in [5.41, 5.74) is 3.68. The van der Waals surface area contributed by atoms with Gasteiger partial charge in [0.25, 0.3) is 0 Å². The number of pyridine rings is 1. The van der Waals surface area contributed by atoms with E-state index in [2.05, 4.69) is 38.4 Å². The Morgan fingerprint density at radius 3 is 3.00 bits per heavy atom. The highest BCUT2D eigenvalue weighted by molar-refractivity contribution is 5.81. The van der Waals surface area contributed by atoms with Gasteiger partial charge in [-0.15, -0.1) is 10.2 Å². The molecule has 0 unspecified atom stereocenters. The molecule has 1 saturated heterocycles. The van der Waals surface area contributed by atoms with Crippen molar-refractivity contribution >= 4 is 22.6 Å². The third kappa shape index (κ3) is 1.84. The lowest BCUT2D eigenvalue weighted by molar-refractivity contribution is 0.448. The van der Waals surface area contributed by atoms with E-state index in [9.17, 15) is 0 Å². The van der Waals surface area contributed by atoms with E-state index in [-0.39, 0.29) is 0 Å². The number of nitrogens with zero attached hydrogens (tertiary/aromatic N) is 6. The molecule has 3 aromatic heterocycles. The Bertz CT molecular complexity index is 804. The van der Waals surface area contributed by atoms with Crippen LogP contribution in [0.4, 0.5) is 5.82 Å². The van der Waals surface area contributed by atoms with Crippen LogP contribution in [0.25, 0.3) is 16.8 Å². The van der Waals surface area contributed by atoms with Crippen molar-refractivity contribution in [2.24, 2.45) is 0 Å². The Kier molecular flexibility index (Phi) is 2.75. The maximum absolute atomic E-state index is 4.71. The molecule has 7 heteroatoms. The summed E-state index contributed by atoms with van der Waals surface area (Å²) >= 11 is 0. The van der Waals surface area contributed by atoms with Crippen LogP contribution in [0.1, 0.15) is 12.5 Å². The zero-order valence-electron chi connectivity index (χ0n) is 12.1. The minimum Gasteiger partial charge on any atom is -0.350 e. The third-order valence-corrected chi connectivity index (χ3v) is 4.12. The highest BCUT2D eigenvalue weighted by Gasteiger charge is 2.29. The fraction of sp³-hybridized carbons (Fsp3) is 0.429. The highest BCUT2D eigenvalue weighted by Crippen LogP contribution is 2.26. The van der Waals surface area contributed by atoms with Gasteiger partial charge in [0, 0.05) is 25.3 Å². The fourth-order valence-corrected chi connectivity index (χ4v) is 2.70. The Hall–Kier alpha value is -2.28. The molecule has 0 saturated carbocycles. The lowest BCUT2D eigenvalue weighted by Gasteiger charge is -2.39. The van der Waals surface area contributed by atoms with Gasteiger partial charge in [0.15, 0.2) is 11.5 Å². The molecule has 0 spiro atoms. The van der Waals surface area contributed by atoms with Gasteiger partial charge in [-0.05, 0) is 25.1 Å². The van der Waals surface area contributed by atoms with E-state index in [1.165, 1.54) is 5.56 Å². The molecule has 21 heavy (non-hydrogen) atoms. The Balaban J connectivity index is 1.89. The van der Waals surface area contributed by atoms with Gasteiger partial charge in [-0.2, -0.15) is 0 Å². The molecule has 0 atom stereocenters. The summed E-state index contributed by atoms with van der Waals surface area (Å²) in [6.45, 7) is 3.99. The Morgan fingerprint density at radius 1 is 1.38 bits per heavy atom. The number of aromatic nitrogens is 5. The monoisotopic (exact) mass is 283 g/mol. The first-order chi connectivity index (χ1) is 10.3. The Morgan fingerprint density at radius 2 is 2.24 bits per heavy atom. The molecule has 1 aliphatic rings. The SMILES string of the molecule is CCc1cnc2nc(N3CC(NC)C3)c3nncn3c2c1. The van der Waals surface area contributed by atoms with Gasteiger partial charge >= 0.3 is 0 Å². The van der Waals surface area contributed by atoms with Crippen LogP contribution in [-0.4, -0.2) is 50.7 Å². The summed E-state index contributed by atoms with van der Waals surface area (Å²) in [6, 6.07) is 2.63. The zero-order valence-corrected chi connectivity index (χ0v) is 12.1. The number of aryl methyl sites for hydroxylation is 1. The van der Waals surface area contributed by atoms with Gasteiger partial charge in [0.05, 0.1) is 5.52 Å². The molecule has 0 aliphatic carbocycles. The molecule has 0 bridgehead atoms. The van der Waals surface area contributed by atoms with Crippen LogP contribution in [-0.2, 0) is 6.42 Å². The van der Waals surface area contributed by atoms with Crippen molar-refractivity contribution in [2.75, 3.05) is 25.0 Å². The average molecular weight is 283 g/mol. The van der Waals surface area contributed by atoms with E-state index >= 15 is 0 Å². The number of hydrogen-bond acceptors (Lipinski definition) is 6.